The summed E-state index contributed by atoms with van der Waals surface area (Å²) < 4.78 is 40.2. The summed E-state index contributed by atoms with van der Waals surface area (Å²) in [6, 6.07) is 9.53. The Morgan fingerprint density at radius 2 is 1.83 bits per heavy atom. The lowest BCUT2D eigenvalue weighted by Gasteiger charge is -2.09. The van der Waals surface area contributed by atoms with E-state index in [2.05, 4.69) is 4.72 Å². The van der Waals surface area contributed by atoms with Gasteiger partial charge in [-0.05, 0) is 42.3 Å². The molecule has 0 aliphatic rings. The molecule has 2 rings (SSSR count). The standard InChI is InChI=1S/C16H16FNO4S/c1-2-3-11-4-6-12(7-5-11)18-23(21,22)13-8-9-15(17)14(10-13)16(19)20/h4-10,18H,2-3H2,1H3,(H,19,20). The molecule has 7 heteroatoms. The number of benzene rings is 2. The van der Waals surface area contributed by atoms with Gasteiger partial charge in [-0.1, -0.05) is 25.5 Å². The van der Waals surface area contributed by atoms with Crippen LogP contribution in [-0.2, 0) is 16.4 Å². The van der Waals surface area contributed by atoms with Gasteiger partial charge in [0.25, 0.3) is 10.0 Å². The zero-order chi connectivity index (χ0) is 17.0. The van der Waals surface area contributed by atoms with Crippen molar-refractivity contribution < 1.29 is 22.7 Å². The van der Waals surface area contributed by atoms with Crippen LogP contribution in [0, 0.1) is 5.82 Å². The van der Waals surface area contributed by atoms with E-state index in [1.807, 2.05) is 19.1 Å². The van der Waals surface area contributed by atoms with Gasteiger partial charge in [0, 0.05) is 5.69 Å². The van der Waals surface area contributed by atoms with Gasteiger partial charge >= 0.3 is 5.97 Å². The van der Waals surface area contributed by atoms with Crippen LogP contribution in [0.5, 0.6) is 0 Å². The maximum absolute atomic E-state index is 13.4. The smallest absolute Gasteiger partial charge is 0.338 e. The summed E-state index contributed by atoms with van der Waals surface area (Å²) in [5, 5.41) is 8.87. The number of anilines is 1. The Hall–Kier alpha value is -2.41. The first kappa shape index (κ1) is 17.0. The molecule has 0 aliphatic heterocycles. The van der Waals surface area contributed by atoms with Crippen molar-refractivity contribution in [1.29, 1.82) is 0 Å². The molecule has 23 heavy (non-hydrogen) atoms. The average Bonchev–Trinajstić information content (AvgIpc) is 2.49. The average molecular weight is 337 g/mol. The molecule has 0 spiro atoms. The van der Waals surface area contributed by atoms with Gasteiger partial charge in [0.05, 0.1) is 10.5 Å². The summed E-state index contributed by atoms with van der Waals surface area (Å²) in [5.74, 6) is -2.51. The first-order chi connectivity index (χ1) is 10.8. The van der Waals surface area contributed by atoms with Crippen LogP contribution in [0.15, 0.2) is 47.4 Å². The summed E-state index contributed by atoms with van der Waals surface area (Å²) in [5.41, 5.74) is 0.752. The fourth-order valence-corrected chi connectivity index (χ4v) is 3.16. The zero-order valence-corrected chi connectivity index (χ0v) is 13.2. The van der Waals surface area contributed by atoms with E-state index in [0.29, 0.717) is 5.69 Å². The van der Waals surface area contributed by atoms with Gasteiger partial charge in [-0.3, -0.25) is 4.72 Å². The van der Waals surface area contributed by atoms with Crippen LogP contribution in [0.3, 0.4) is 0 Å². The summed E-state index contributed by atoms with van der Waals surface area (Å²) in [6.45, 7) is 2.05. The number of sulfonamides is 1. The quantitative estimate of drug-likeness (QED) is 0.847. The number of hydrogen-bond acceptors (Lipinski definition) is 3. The number of nitrogens with one attached hydrogen (secondary N) is 1. The maximum atomic E-state index is 13.4. The van der Waals surface area contributed by atoms with Crippen molar-refractivity contribution in [3.8, 4) is 0 Å². The molecule has 0 radical (unpaired) electrons. The van der Waals surface area contributed by atoms with Crippen molar-refractivity contribution in [3.63, 3.8) is 0 Å². The fourth-order valence-electron chi connectivity index (χ4n) is 2.08. The van der Waals surface area contributed by atoms with Crippen LogP contribution in [0.4, 0.5) is 10.1 Å². The van der Waals surface area contributed by atoms with Crippen molar-refractivity contribution in [2.75, 3.05) is 4.72 Å². The molecule has 0 saturated heterocycles. The number of carboxylic acid groups (broad SMARTS) is 1. The number of halogens is 1. The fraction of sp³-hybridized carbons (Fsp3) is 0.188. The van der Waals surface area contributed by atoms with Crippen LogP contribution in [0.1, 0.15) is 29.3 Å². The molecule has 0 fully saturated rings. The molecular weight excluding hydrogens is 321 g/mol. The topological polar surface area (TPSA) is 83.5 Å². The van der Waals surface area contributed by atoms with E-state index in [1.54, 1.807) is 12.1 Å². The molecule has 0 amide bonds. The SMILES string of the molecule is CCCc1ccc(NS(=O)(=O)c2ccc(F)c(C(=O)O)c2)cc1. The highest BCUT2D eigenvalue weighted by Crippen LogP contribution is 2.19. The first-order valence-electron chi connectivity index (χ1n) is 6.98. The summed E-state index contributed by atoms with van der Waals surface area (Å²) in [6.07, 6.45) is 1.88. The number of aryl methyl sites for hydroxylation is 1. The van der Waals surface area contributed by atoms with Gasteiger partial charge < -0.3 is 5.11 Å². The Kier molecular flexibility index (Phi) is 5.00. The Bertz CT molecular complexity index is 816. The molecule has 2 aromatic rings. The second-order valence-corrected chi connectivity index (χ2v) is 6.68. The number of carboxylic acids is 1. The van der Waals surface area contributed by atoms with E-state index >= 15 is 0 Å². The van der Waals surface area contributed by atoms with Gasteiger partial charge in [-0.25, -0.2) is 17.6 Å². The van der Waals surface area contributed by atoms with Gasteiger partial charge in [-0.2, -0.15) is 0 Å². The van der Waals surface area contributed by atoms with Crippen LogP contribution in [-0.4, -0.2) is 19.5 Å². The molecular formula is C16H16FNO4S. The van der Waals surface area contributed by atoms with Crippen molar-refractivity contribution in [1.82, 2.24) is 0 Å². The third-order valence-electron chi connectivity index (χ3n) is 3.22. The first-order valence-corrected chi connectivity index (χ1v) is 8.46. The normalized spacial score (nSPS) is 11.2. The lowest BCUT2D eigenvalue weighted by molar-refractivity contribution is 0.0691. The van der Waals surface area contributed by atoms with E-state index < -0.39 is 27.4 Å². The Morgan fingerprint density at radius 3 is 2.39 bits per heavy atom. The van der Waals surface area contributed by atoms with Gasteiger partial charge in [0.15, 0.2) is 0 Å². The molecule has 2 aromatic carbocycles. The predicted molar refractivity (Wildman–Crippen MR) is 84.6 cm³/mol. The minimum Gasteiger partial charge on any atom is -0.478 e. The second kappa shape index (κ2) is 6.78. The predicted octanol–water partition coefficient (Wildman–Crippen LogP) is 3.28. The van der Waals surface area contributed by atoms with Gasteiger partial charge in [-0.15, -0.1) is 0 Å². The molecule has 0 atom stereocenters. The molecule has 0 aliphatic carbocycles. The van der Waals surface area contributed by atoms with Gasteiger partial charge in [0.2, 0.25) is 0 Å². The Morgan fingerprint density at radius 1 is 1.17 bits per heavy atom. The highest BCUT2D eigenvalue weighted by atomic mass is 32.2. The van der Waals surface area contributed by atoms with Crippen LogP contribution >= 0.6 is 0 Å². The molecule has 0 bridgehead atoms. The number of hydrogen-bond donors (Lipinski definition) is 2. The largest absolute Gasteiger partial charge is 0.478 e. The highest BCUT2D eigenvalue weighted by Gasteiger charge is 2.19. The molecule has 0 aromatic heterocycles. The maximum Gasteiger partial charge on any atom is 0.338 e. The molecule has 0 heterocycles. The zero-order valence-electron chi connectivity index (χ0n) is 12.4. The van der Waals surface area contributed by atoms with Crippen LogP contribution in [0.2, 0.25) is 0 Å². The lowest BCUT2D eigenvalue weighted by atomic mass is 10.1. The second-order valence-electron chi connectivity index (χ2n) is 5.00. The summed E-state index contributed by atoms with van der Waals surface area (Å²) >= 11 is 0. The molecule has 2 N–H and O–H groups in total. The van der Waals surface area contributed by atoms with Crippen LogP contribution < -0.4 is 4.72 Å². The molecule has 0 saturated carbocycles. The van der Waals surface area contributed by atoms with Crippen molar-refractivity contribution in [2.24, 2.45) is 0 Å². The number of carbonyl (C=O) groups is 1. The van der Waals surface area contributed by atoms with E-state index in [0.717, 1.165) is 36.6 Å². The van der Waals surface area contributed by atoms with Crippen molar-refractivity contribution in [2.45, 2.75) is 24.7 Å². The van der Waals surface area contributed by atoms with Crippen molar-refractivity contribution in [3.05, 3.63) is 59.4 Å². The number of aromatic carboxylic acids is 1. The summed E-state index contributed by atoms with van der Waals surface area (Å²) in [4.78, 5) is 10.6. The van der Waals surface area contributed by atoms with E-state index in [4.69, 9.17) is 5.11 Å². The van der Waals surface area contributed by atoms with E-state index in [1.165, 1.54) is 0 Å². The molecule has 122 valence electrons. The lowest BCUT2D eigenvalue weighted by Crippen LogP contribution is -2.14. The van der Waals surface area contributed by atoms with Crippen molar-refractivity contribution >= 4 is 21.7 Å². The minimum atomic E-state index is -3.99. The Labute approximate surface area is 133 Å². The minimum absolute atomic E-state index is 0.311. The van der Waals surface area contributed by atoms with E-state index in [-0.39, 0.29) is 4.90 Å². The molecule has 0 unspecified atom stereocenters. The van der Waals surface area contributed by atoms with E-state index in [9.17, 15) is 17.6 Å². The summed E-state index contributed by atoms with van der Waals surface area (Å²) in [7, 11) is -3.99. The number of rotatable bonds is 6. The molecule has 5 nitrogen and oxygen atoms in total. The Balaban J connectivity index is 2.28. The monoisotopic (exact) mass is 337 g/mol. The van der Waals surface area contributed by atoms with Gasteiger partial charge in [0.1, 0.15) is 5.82 Å². The highest BCUT2D eigenvalue weighted by molar-refractivity contribution is 7.92. The third-order valence-corrected chi connectivity index (χ3v) is 4.60. The third kappa shape index (κ3) is 4.07. The van der Waals surface area contributed by atoms with Crippen LogP contribution in [0.25, 0.3) is 0 Å².